The van der Waals surface area contributed by atoms with Crippen LogP contribution >= 0.6 is 0 Å². The molecule has 1 aliphatic rings. The fraction of sp³-hybridized carbons (Fsp3) is 0.444. The van der Waals surface area contributed by atoms with Crippen LogP contribution in [0.3, 0.4) is 0 Å². The van der Waals surface area contributed by atoms with Crippen molar-refractivity contribution < 1.29 is 23.1 Å². The van der Waals surface area contributed by atoms with Crippen molar-refractivity contribution in [3.63, 3.8) is 0 Å². The molecule has 2 unspecified atom stereocenters. The van der Waals surface area contributed by atoms with Gasteiger partial charge in [-0.3, -0.25) is 23.4 Å². The lowest BCUT2D eigenvalue weighted by molar-refractivity contribution is -0.137. The largest absolute Gasteiger partial charge is 0.416 e. The van der Waals surface area contributed by atoms with E-state index in [1.54, 1.807) is 6.20 Å². The van der Waals surface area contributed by atoms with E-state index >= 15 is 0 Å². The van der Waals surface area contributed by atoms with Crippen LogP contribution in [0.2, 0.25) is 0 Å². The Bertz CT molecular complexity index is 1700. The number of aryl methyl sites for hydroxylation is 1. The van der Waals surface area contributed by atoms with Gasteiger partial charge in [0.25, 0.3) is 5.56 Å². The Kier molecular flexibility index (Phi) is 7.60. The predicted molar refractivity (Wildman–Crippen MR) is 144 cm³/mol. The fourth-order valence-electron chi connectivity index (χ4n) is 5.17. The molecule has 1 aromatic carbocycles. The minimum Gasteiger partial charge on any atom is -0.391 e. The number of amides is 1. The quantitative estimate of drug-likeness (QED) is 0.317. The van der Waals surface area contributed by atoms with Crippen LogP contribution in [0.4, 0.5) is 18.9 Å². The zero-order valence-electron chi connectivity index (χ0n) is 22.6. The van der Waals surface area contributed by atoms with Crippen LogP contribution < -0.4 is 16.1 Å². The molecule has 2 N–H and O–H groups in total. The molecule has 1 aliphatic heterocycles. The van der Waals surface area contributed by atoms with Crippen molar-refractivity contribution >= 4 is 22.8 Å². The molecule has 0 spiro atoms. The molecule has 0 bridgehead atoms. The van der Waals surface area contributed by atoms with Gasteiger partial charge >= 0.3 is 11.9 Å². The fourth-order valence-corrected chi connectivity index (χ4v) is 5.17. The number of aliphatic hydroxyl groups excluding tert-OH is 1. The van der Waals surface area contributed by atoms with Crippen molar-refractivity contribution in [2.24, 2.45) is 5.92 Å². The van der Waals surface area contributed by atoms with Gasteiger partial charge < -0.3 is 15.0 Å². The zero-order chi connectivity index (χ0) is 29.5. The molecule has 1 amide bonds. The summed E-state index contributed by atoms with van der Waals surface area (Å²) in [5, 5.41) is 15.2. The summed E-state index contributed by atoms with van der Waals surface area (Å²) in [6.07, 6.45) is -1.14. The SMILES string of the molecule is CCCn1c(=O)c2[nH]c(-c3cnn(CC(O)C4CC(=O)N(c5cccc(C(F)(F)F)c5)C4)c3)nc2n(CCC)c1=O. The number of rotatable bonds is 9. The minimum absolute atomic E-state index is 0.0197. The van der Waals surface area contributed by atoms with E-state index in [9.17, 15) is 32.7 Å². The number of carbonyl (C=O) groups excluding carboxylic acids is 1. The highest BCUT2D eigenvalue weighted by Crippen LogP contribution is 2.34. The number of benzene rings is 1. The number of H-pyrrole nitrogens is 1. The molecule has 1 saturated heterocycles. The van der Waals surface area contributed by atoms with Crippen LogP contribution in [0.15, 0.2) is 46.2 Å². The Morgan fingerprint density at radius 2 is 1.85 bits per heavy atom. The van der Waals surface area contributed by atoms with Crippen molar-refractivity contribution in [1.29, 1.82) is 0 Å². The molecule has 0 aliphatic carbocycles. The molecule has 1 fully saturated rings. The molecule has 0 saturated carbocycles. The summed E-state index contributed by atoms with van der Waals surface area (Å²) in [7, 11) is 0. The van der Waals surface area contributed by atoms with Gasteiger partial charge in [0.15, 0.2) is 5.65 Å². The van der Waals surface area contributed by atoms with E-state index < -0.39 is 35.0 Å². The normalized spacial score (nSPS) is 16.7. The molecule has 2 atom stereocenters. The molecule has 41 heavy (non-hydrogen) atoms. The highest BCUT2D eigenvalue weighted by molar-refractivity contribution is 5.95. The summed E-state index contributed by atoms with van der Waals surface area (Å²) >= 11 is 0. The Morgan fingerprint density at radius 1 is 1.12 bits per heavy atom. The van der Waals surface area contributed by atoms with E-state index in [1.807, 2.05) is 13.8 Å². The van der Waals surface area contributed by atoms with E-state index in [4.69, 9.17) is 0 Å². The molecule has 4 heterocycles. The average Bonchev–Trinajstić information content (AvgIpc) is 3.67. The van der Waals surface area contributed by atoms with E-state index in [1.165, 1.54) is 37.0 Å². The first-order chi connectivity index (χ1) is 19.5. The van der Waals surface area contributed by atoms with E-state index in [0.717, 1.165) is 12.1 Å². The van der Waals surface area contributed by atoms with Gasteiger partial charge in [-0.1, -0.05) is 19.9 Å². The summed E-state index contributed by atoms with van der Waals surface area (Å²) in [6.45, 7) is 4.58. The maximum absolute atomic E-state index is 13.1. The van der Waals surface area contributed by atoms with Crippen molar-refractivity contribution in [1.82, 2.24) is 28.9 Å². The highest BCUT2D eigenvalue weighted by atomic mass is 19.4. The number of anilines is 1. The zero-order valence-corrected chi connectivity index (χ0v) is 22.6. The van der Waals surface area contributed by atoms with Gasteiger partial charge in [-0.25, -0.2) is 9.78 Å². The number of halogens is 3. The molecule has 14 heteroatoms. The van der Waals surface area contributed by atoms with E-state index in [2.05, 4.69) is 15.1 Å². The van der Waals surface area contributed by atoms with Crippen molar-refractivity contribution in [3.8, 4) is 11.4 Å². The lowest BCUT2D eigenvalue weighted by atomic mass is 10.0. The van der Waals surface area contributed by atoms with Crippen molar-refractivity contribution in [3.05, 3.63) is 63.1 Å². The van der Waals surface area contributed by atoms with Crippen molar-refractivity contribution in [2.45, 2.75) is 65.0 Å². The minimum atomic E-state index is -4.53. The van der Waals surface area contributed by atoms with Crippen LogP contribution in [0.5, 0.6) is 0 Å². The molecule has 11 nitrogen and oxygen atoms in total. The Morgan fingerprint density at radius 3 is 2.56 bits per heavy atom. The van der Waals surface area contributed by atoms with Gasteiger partial charge in [0.2, 0.25) is 5.91 Å². The monoisotopic (exact) mass is 573 g/mol. The summed E-state index contributed by atoms with van der Waals surface area (Å²) in [4.78, 5) is 47.3. The molecule has 4 aromatic rings. The smallest absolute Gasteiger partial charge is 0.391 e. The van der Waals surface area contributed by atoms with Gasteiger partial charge in [0.1, 0.15) is 11.3 Å². The third kappa shape index (κ3) is 5.43. The molecule has 3 aromatic heterocycles. The summed E-state index contributed by atoms with van der Waals surface area (Å²) in [6, 6.07) is 4.56. The highest BCUT2D eigenvalue weighted by Gasteiger charge is 2.37. The Hall–Kier alpha value is -4.20. The van der Waals surface area contributed by atoms with Crippen LogP contribution in [0.25, 0.3) is 22.6 Å². The van der Waals surface area contributed by atoms with Crippen LogP contribution in [-0.4, -0.2) is 52.5 Å². The second kappa shape index (κ2) is 11.0. The summed E-state index contributed by atoms with van der Waals surface area (Å²) < 4.78 is 43.6. The first kappa shape index (κ1) is 28.3. The van der Waals surface area contributed by atoms with Gasteiger partial charge in [-0.05, 0) is 31.0 Å². The van der Waals surface area contributed by atoms with Gasteiger partial charge in [0, 0.05) is 43.9 Å². The third-order valence-electron chi connectivity index (χ3n) is 7.22. The number of carbonyl (C=O) groups is 1. The van der Waals surface area contributed by atoms with E-state index in [0.29, 0.717) is 30.8 Å². The van der Waals surface area contributed by atoms with Gasteiger partial charge in [-0.15, -0.1) is 0 Å². The Balaban J connectivity index is 1.34. The van der Waals surface area contributed by atoms with Crippen LogP contribution in [0.1, 0.15) is 38.7 Å². The number of hydrogen-bond donors (Lipinski definition) is 2. The number of nitrogens with one attached hydrogen (secondary N) is 1. The maximum atomic E-state index is 13.1. The number of aromatic amines is 1. The third-order valence-corrected chi connectivity index (χ3v) is 7.22. The van der Waals surface area contributed by atoms with Gasteiger partial charge in [0.05, 0.1) is 30.0 Å². The van der Waals surface area contributed by atoms with Gasteiger partial charge in [-0.2, -0.15) is 18.3 Å². The number of alkyl halides is 3. The first-order valence-electron chi connectivity index (χ1n) is 13.4. The number of aliphatic hydroxyl groups is 1. The molecular weight excluding hydrogens is 543 g/mol. The molecular formula is C27H30F3N7O4. The van der Waals surface area contributed by atoms with Crippen LogP contribution in [0, 0.1) is 5.92 Å². The average molecular weight is 574 g/mol. The number of hydrogen-bond acceptors (Lipinski definition) is 6. The standard InChI is InChI=1S/C27H30F3N7O4/c1-3-8-35-24-22(25(40)36(9-4-2)26(35)41)32-23(33-24)17-12-31-34(13-17)15-20(38)16-10-21(39)37(14-16)19-7-5-6-18(11-19)27(28,29)30/h5-7,11-13,16,20,38H,3-4,8-10,14-15H2,1-2H3,(H,32,33). The number of fused-ring (bicyclic) bond motifs is 1. The summed E-state index contributed by atoms with van der Waals surface area (Å²) in [5.41, 5.74) is -0.573. The first-order valence-corrected chi connectivity index (χ1v) is 13.4. The summed E-state index contributed by atoms with van der Waals surface area (Å²) in [5.74, 6) is -0.553. The topological polar surface area (TPSA) is 131 Å². The van der Waals surface area contributed by atoms with Crippen LogP contribution in [-0.2, 0) is 30.6 Å². The molecule has 5 rings (SSSR count). The lowest BCUT2D eigenvalue weighted by Crippen LogP contribution is -2.40. The number of imidazole rings is 1. The molecule has 218 valence electrons. The second-order valence-corrected chi connectivity index (χ2v) is 10.2. The number of nitrogens with zero attached hydrogens (tertiary/aromatic N) is 6. The van der Waals surface area contributed by atoms with E-state index in [-0.39, 0.29) is 48.8 Å². The predicted octanol–water partition coefficient (Wildman–Crippen LogP) is 3.00. The maximum Gasteiger partial charge on any atom is 0.416 e. The second-order valence-electron chi connectivity index (χ2n) is 10.2. The molecule has 0 radical (unpaired) electrons. The lowest BCUT2D eigenvalue weighted by Gasteiger charge is -2.20. The Labute approximate surface area is 231 Å². The number of aromatic nitrogens is 6. The van der Waals surface area contributed by atoms with Crippen molar-refractivity contribution in [2.75, 3.05) is 11.4 Å².